The molecule has 0 aliphatic carbocycles. The highest BCUT2D eigenvalue weighted by atomic mass is 32.2. The maximum absolute atomic E-state index is 12.6. The molecule has 1 heterocycles. The van der Waals surface area contributed by atoms with Gasteiger partial charge in [0.1, 0.15) is 11.8 Å². The second-order valence-electron chi connectivity index (χ2n) is 4.88. The van der Waals surface area contributed by atoms with Crippen LogP contribution in [0.4, 0.5) is 0 Å². The fourth-order valence-corrected chi connectivity index (χ4v) is 3.40. The van der Waals surface area contributed by atoms with Gasteiger partial charge in [0.2, 0.25) is 0 Å². The highest BCUT2D eigenvalue weighted by molar-refractivity contribution is 8.00. The average molecular weight is 309 g/mol. The SMILES string of the molecule is CCCOc1cccc(C(=O)N2C(C)SCC2C(=O)O)c1. The summed E-state index contributed by atoms with van der Waals surface area (Å²) < 4.78 is 5.52. The zero-order chi connectivity index (χ0) is 15.4. The van der Waals surface area contributed by atoms with Gasteiger partial charge in [-0.15, -0.1) is 11.8 Å². The molecule has 0 aromatic heterocycles. The van der Waals surface area contributed by atoms with Crippen molar-refractivity contribution in [1.82, 2.24) is 4.90 Å². The minimum atomic E-state index is -0.960. The first-order valence-corrected chi connectivity index (χ1v) is 7.99. The van der Waals surface area contributed by atoms with Crippen LogP contribution in [0.25, 0.3) is 0 Å². The Labute approximate surface area is 128 Å². The molecule has 1 aromatic rings. The molecule has 0 bridgehead atoms. The minimum absolute atomic E-state index is 0.140. The van der Waals surface area contributed by atoms with E-state index < -0.39 is 12.0 Å². The monoisotopic (exact) mass is 309 g/mol. The first-order valence-electron chi connectivity index (χ1n) is 6.94. The van der Waals surface area contributed by atoms with E-state index in [9.17, 15) is 14.7 Å². The van der Waals surface area contributed by atoms with Crippen molar-refractivity contribution in [2.45, 2.75) is 31.7 Å². The third-order valence-electron chi connectivity index (χ3n) is 3.30. The molecule has 114 valence electrons. The van der Waals surface area contributed by atoms with Crippen LogP contribution in [0.3, 0.4) is 0 Å². The molecule has 1 aliphatic rings. The lowest BCUT2D eigenvalue weighted by atomic mass is 10.1. The maximum Gasteiger partial charge on any atom is 0.327 e. The van der Waals surface area contributed by atoms with Crippen LogP contribution in [0.2, 0.25) is 0 Å². The van der Waals surface area contributed by atoms with Crippen molar-refractivity contribution in [3.8, 4) is 5.75 Å². The number of hydrogen-bond donors (Lipinski definition) is 1. The number of ether oxygens (including phenoxy) is 1. The van der Waals surface area contributed by atoms with Crippen LogP contribution in [-0.4, -0.2) is 45.7 Å². The van der Waals surface area contributed by atoms with Gasteiger partial charge in [-0.3, -0.25) is 4.79 Å². The van der Waals surface area contributed by atoms with E-state index in [0.717, 1.165) is 6.42 Å². The molecular formula is C15H19NO4S. The normalized spacial score (nSPS) is 21.3. The lowest BCUT2D eigenvalue weighted by Crippen LogP contribution is -2.44. The summed E-state index contributed by atoms with van der Waals surface area (Å²) in [6, 6.07) is 6.14. The molecule has 1 saturated heterocycles. The Hall–Kier alpha value is -1.69. The van der Waals surface area contributed by atoms with E-state index in [1.54, 1.807) is 24.3 Å². The number of nitrogens with zero attached hydrogens (tertiary/aromatic N) is 1. The second-order valence-corrected chi connectivity index (χ2v) is 6.22. The van der Waals surface area contributed by atoms with Crippen molar-refractivity contribution in [3.05, 3.63) is 29.8 Å². The number of amides is 1. The van der Waals surface area contributed by atoms with Crippen LogP contribution < -0.4 is 4.74 Å². The van der Waals surface area contributed by atoms with Crippen LogP contribution >= 0.6 is 11.8 Å². The highest BCUT2D eigenvalue weighted by Gasteiger charge is 2.39. The van der Waals surface area contributed by atoms with Gasteiger partial charge < -0.3 is 14.7 Å². The molecule has 1 amide bonds. The zero-order valence-electron chi connectivity index (χ0n) is 12.1. The van der Waals surface area contributed by atoms with Crippen LogP contribution in [0.15, 0.2) is 24.3 Å². The highest BCUT2D eigenvalue weighted by Crippen LogP contribution is 2.30. The predicted molar refractivity (Wildman–Crippen MR) is 81.7 cm³/mol. The van der Waals surface area contributed by atoms with Gasteiger partial charge in [0, 0.05) is 11.3 Å². The number of carbonyl (C=O) groups excluding carboxylic acids is 1. The van der Waals surface area contributed by atoms with Gasteiger partial charge in [-0.1, -0.05) is 13.0 Å². The van der Waals surface area contributed by atoms with Gasteiger partial charge in [-0.2, -0.15) is 0 Å². The summed E-state index contributed by atoms with van der Waals surface area (Å²) in [6.45, 7) is 4.45. The standard InChI is InChI=1S/C15H19NO4S/c1-3-7-20-12-6-4-5-11(8-12)14(17)16-10(2)21-9-13(16)15(18)19/h4-6,8,10,13H,3,7,9H2,1-2H3,(H,18,19). The van der Waals surface area contributed by atoms with Crippen LogP contribution in [0.1, 0.15) is 30.6 Å². The molecule has 6 heteroatoms. The molecule has 0 spiro atoms. The summed E-state index contributed by atoms with van der Waals surface area (Å²) in [4.78, 5) is 25.3. The third-order valence-corrected chi connectivity index (χ3v) is 4.51. The van der Waals surface area contributed by atoms with E-state index in [0.29, 0.717) is 23.7 Å². The third kappa shape index (κ3) is 3.50. The van der Waals surface area contributed by atoms with E-state index in [2.05, 4.69) is 0 Å². The summed E-state index contributed by atoms with van der Waals surface area (Å²) in [5.41, 5.74) is 0.462. The predicted octanol–water partition coefficient (Wildman–Crippen LogP) is 2.46. The van der Waals surface area contributed by atoms with Gasteiger partial charge in [0.05, 0.1) is 12.0 Å². The van der Waals surface area contributed by atoms with Gasteiger partial charge >= 0.3 is 5.97 Å². The summed E-state index contributed by atoms with van der Waals surface area (Å²) in [7, 11) is 0. The van der Waals surface area contributed by atoms with Gasteiger partial charge in [-0.05, 0) is 31.5 Å². The first kappa shape index (κ1) is 15.7. The number of aliphatic carboxylic acids is 1. The Morgan fingerprint density at radius 3 is 2.90 bits per heavy atom. The van der Waals surface area contributed by atoms with Gasteiger partial charge in [0.15, 0.2) is 0 Å². The molecule has 2 atom stereocenters. The number of carbonyl (C=O) groups is 2. The summed E-state index contributed by atoms with van der Waals surface area (Å²) in [5.74, 6) is -0.164. The Kier molecular flexibility index (Phi) is 5.12. The topological polar surface area (TPSA) is 66.8 Å². The number of carboxylic acid groups (broad SMARTS) is 1. The fourth-order valence-electron chi connectivity index (χ4n) is 2.23. The fraction of sp³-hybridized carbons (Fsp3) is 0.467. The molecular weight excluding hydrogens is 290 g/mol. The van der Waals surface area contributed by atoms with Crippen LogP contribution in [0.5, 0.6) is 5.75 Å². The summed E-state index contributed by atoms with van der Waals surface area (Å²) in [6.07, 6.45) is 0.888. The van der Waals surface area contributed by atoms with Crippen molar-refractivity contribution in [2.24, 2.45) is 0 Å². The Morgan fingerprint density at radius 1 is 1.48 bits per heavy atom. The quantitative estimate of drug-likeness (QED) is 0.905. The van der Waals surface area contributed by atoms with Crippen molar-refractivity contribution < 1.29 is 19.4 Å². The van der Waals surface area contributed by atoms with E-state index in [-0.39, 0.29) is 11.3 Å². The lowest BCUT2D eigenvalue weighted by molar-refractivity contribution is -0.141. The molecule has 5 nitrogen and oxygen atoms in total. The number of thioether (sulfide) groups is 1. The lowest BCUT2D eigenvalue weighted by Gasteiger charge is -2.25. The maximum atomic E-state index is 12.6. The number of benzene rings is 1. The largest absolute Gasteiger partial charge is 0.494 e. The van der Waals surface area contributed by atoms with Crippen molar-refractivity contribution in [1.29, 1.82) is 0 Å². The van der Waals surface area contributed by atoms with E-state index in [1.807, 2.05) is 13.8 Å². The van der Waals surface area contributed by atoms with Crippen molar-refractivity contribution in [2.75, 3.05) is 12.4 Å². The number of carboxylic acids is 1. The number of hydrogen-bond acceptors (Lipinski definition) is 4. The summed E-state index contributed by atoms with van der Waals surface area (Å²) >= 11 is 1.48. The van der Waals surface area contributed by atoms with E-state index in [4.69, 9.17) is 4.74 Å². The molecule has 2 unspecified atom stereocenters. The molecule has 1 fully saturated rings. The van der Waals surface area contributed by atoms with Crippen LogP contribution in [-0.2, 0) is 4.79 Å². The van der Waals surface area contributed by atoms with Gasteiger partial charge in [0.25, 0.3) is 5.91 Å². The molecule has 0 saturated carbocycles. The Balaban J connectivity index is 2.20. The number of rotatable bonds is 5. The Bertz CT molecular complexity index is 534. The van der Waals surface area contributed by atoms with E-state index in [1.165, 1.54) is 16.7 Å². The zero-order valence-corrected chi connectivity index (χ0v) is 12.9. The second kappa shape index (κ2) is 6.85. The molecule has 21 heavy (non-hydrogen) atoms. The van der Waals surface area contributed by atoms with Crippen molar-refractivity contribution >= 4 is 23.6 Å². The summed E-state index contributed by atoms with van der Waals surface area (Å²) in [5, 5.41) is 9.10. The van der Waals surface area contributed by atoms with Crippen molar-refractivity contribution in [3.63, 3.8) is 0 Å². The molecule has 0 radical (unpaired) electrons. The average Bonchev–Trinajstić information content (AvgIpc) is 2.86. The van der Waals surface area contributed by atoms with Gasteiger partial charge in [-0.25, -0.2) is 4.79 Å². The molecule has 1 aliphatic heterocycles. The molecule has 1 aromatic carbocycles. The Morgan fingerprint density at radius 2 is 2.24 bits per heavy atom. The smallest absolute Gasteiger partial charge is 0.327 e. The molecule has 2 rings (SSSR count). The van der Waals surface area contributed by atoms with E-state index >= 15 is 0 Å². The molecule has 1 N–H and O–H groups in total. The minimum Gasteiger partial charge on any atom is -0.494 e. The first-order chi connectivity index (χ1) is 10.0. The van der Waals surface area contributed by atoms with Crippen LogP contribution in [0, 0.1) is 0 Å².